The first-order valence-electron chi connectivity index (χ1n) is 10.6. The molecular weight excluding hydrogens is 406 g/mol. The minimum atomic E-state index is -0.215. The van der Waals surface area contributed by atoms with Crippen LogP contribution in [0.25, 0.3) is 17.0 Å². The highest BCUT2D eigenvalue weighted by atomic mass is 16.5. The number of ether oxygens (including phenoxy) is 1. The molecule has 1 fully saturated rings. The monoisotopic (exact) mass is 429 g/mol. The summed E-state index contributed by atoms with van der Waals surface area (Å²) in [5, 5.41) is 0.908. The van der Waals surface area contributed by atoms with Gasteiger partial charge in [0.15, 0.2) is 0 Å². The number of nitrogens with zero attached hydrogens (tertiary/aromatic N) is 3. The standard InChI is InChI=1S/C25H23N3O4/c1-16(29)28-21-6-4-3-5-20(21)24(30)23(28)14-18-15-26(2)22-13-17(7-8-19(18)22)25(31)27-9-11-32-12-10-27/h3-8,13-15H,9-12H2,1-2H3/b23-14-. The van der Waals surface area contributed by atoms with Gasteiger partial charge in [0.1, 0.15) is 0 Å². The zero-order valence-corrected chi connectivity index (χ0v) is 18.0. The molecule has 0 bridgehead atoms. The molecule has 0 saturated carbocycles. The summed E-state index contributed by atoms with van der Waals surface area (Å²) < 4.78 is 7.27. The SMILES string of the molecule is CC(=O)N1/C(=C\c2cn(C)c3cc(C(=O)N4CCOCC4)ccc23)C(=O)c2ccccc21. The largest absolute Gasteiger partial charge is 0.378 e. The summed E-state index contributed by atoms with van der Waals surface area (Å²) in [4.78, 5) is 41.6. The van der Waals surface area contributed by atoms with Gasteiger partial charge in [-0.1, -0.05) is 18.2 Å². The molecule has 2 aromatic carbocycles. The van der Waals surface area contributed by atoms with E-state index in [2.05, 4.69) is 0 Å². The number of aromatic nitrogens is 1. The first-order chi connectivity index (χ1) is 15.5. The highest BCUT2D eigenvalue weighted by Crippen LogP contribution is 2.36. The molecule has 162 valence electrons. The van der Waals surface area contributed by atoms with E-state index in [-0.39, 0.29) is 17.6 Å². The van der Waals surface area contributed by atoms with Crippen LogP contribution in [0.15, 0.2) is 54.4 Å². The number of hydrogen-bond acceptors (Lipinski definition) is 4. The van der Waals surface area contributed by atoms with Crippen LogP contribution in [-0.2, 0) is 16.6 Å². The van der Waals surface area contributed by atoms with Gasteiger partial charge in [-0.2, -0.15) is 0 Å². The third kappa shape index (κ3) is 3.22. The lowest BCUT2D eigenvalue weighted by Gasteiger charge is -2.26. The van der Waals surface area contributed by atoms with Crippen molar-refractivity contribution >= 4 is 40.3 Å². The molecule has 3 aromatic rings. The number of hydrogen-bond donors (Lipinski definition) is 0. The van der Waals surface area contributed by atoms with Gasteiger partial charge in [0.25, 0.3) is 5.91 Å². The van der Waals surface area contributed by atoms with Crippen molar-refractivity contribution in [3.8, 4) is 0 Å². The van der Waals surface area contributed by atoms with Crippen LogP contribution in [-0.4, -0.2) is 53.4 Å². The minimum absolute atomic E-state index is 0.0134. The number of anilines is 1. The molecule has 7 nitrogen and oxygen atoms in total. The highest BCUT2D eigenvalue weighted by Gasteiger charge is 2.34. The number of carbonyl (C=O) groups excluding carboxylic acids is 3. The smallest absolute Gasteiger partial charge is 0.254 e. The van der Waals surface area contributed by atoms with Gasteiger partial charge in [0, 0.05) is 60.9 Å². The lowest BCUT2D eigenvalue weighted by molar-refractivity contribution is -0.116. The molecule has 32 heavy (non-hydrogen) atoms. The van der Waals surface area contributed by atoms with E-state index in [9.17, 15) is 14.4 Å². The second-order valence-corrected chi connectivity index (χ2v) is 8.06. The van der Waals surface area contributed by atoms with Crippen molar-refractivity contribution in [3.05, 3.63) is 71.0 Å². The Balaban J connectivity index is 1.55. The van der Waals surface area contributed by atoms with E-state index in [1.165, 1.54) is 11.8 Å². The Morgan fingerprint density at radius 2 is 1.81 bits per heavy atom. The number of allylic oxidation sites excluding steroid dienone is 1. The number of para-hydroxylation sites is 1. The second-order valence-electron chi connectivity index (χ2n) is 8.06. The number of fused-ring (bicyclic) bond motifs is 2. The van der Waals surface area contributed by atoms with E-state index in [0.717, 1.165) is 16.5 Å². The second kappa shape index (κ2) is 7.76. The van der Waals surface area contributed by atoms with E-state index in [1.54, 1.807) is 29.2 Å². The molecule has 2 aliphatic rings. The molecule has 0 radical (unpaired) electrons. The summed E-state index contributed by atoms with van der Waals surface area (Å²) in [6, 6.07) is 12.7. The van der Waals surface area contributed by atoms with Crippen LogP contribution >= 0.6 is 0 Å². The predicted octanol–water partition coefficient (Wildman–Crippen LogP) is 3.24. The Morgan fingerprint density at radius 3 is 2.56 bits per heavy atom. The molecule has 0 aliphatic carbocycles. The van der Waals surface area contributed by atoms with E-state index >= 15 is 0 Å². The van der Waals surface area contributed by atoms with Crippen molar-refractivity contribution in [1.82, 2.24) is 9.47 Å². The van der Waals surface area contributed by atoms with Crippen LogP contribution in [0.1, 0.15) is 33.2 Å². The van der Waals surface area contributed by atoms with Crippen molar-refractivity contribution in [2.24, 2.45) is 7.05 Å². The highest BCUT2D eigenvalue weighted by molar-refractivity contribution is 6.27. The average Bonchev–Trinajstić information content (AvgIpc) is 3.28. The number of amides is 2. The van der Waals surface area contributed by atoms with Crippen molar-refractivity contribution in [2.75, 3.05) is 31.2 Å². The minimum Gasteiger partial charge on any atom is -0.378 e. The van der Waals surface area contributed by atoms with Gasteiger partial charge >= 0.3 is 0 Å². The molecule has 1 saturated heterocycles. The Labute approximate surface area is 185 Å². The zero-order chi connectivity index (χ0) is 22.4. The first-order valence-corrected chi connectivity index (χ1v) is 10.6. The number of ketones is 1. The number of Topliss-reactive ketones (excluding diaryl/α,β-unsaturated/α-hetero) is 1. The average molecular weight is 429 g/mol. The molecule has 0 spiro atoms. The molecule has 3 heterocycles. The summed E-state index contributed by atoms with van der Waals surface area (Å²) in [7, 11) is 1.90. The summed E-state index contributed by atoms with van der Waals surface area (Å²) in [5.74, 6) is -0.402. The number of carbonyl (C=O) groups is 3. The van der Waals surface area contributed by atoms with Crippen molar-refractivity contribution in [3.63, 3.8) is 0 Å². The first kappa shape index (κ1) is 20.2. The Hall–Kier alpha value is -3.71. The Kier molecular flexibility index (Phi) is 4.90. The van der Waals surface area contributed by atoms with Gasteiger partial charge in [-0.25, -0.2) is 0 Å². The third-order valence-corrected chi connectivity index (χ3v) is 6.04. The maximum absolute atomic E-state index is 13.0. The van der Waals surface area contributed by atoms with Crippen molar-refractivity contribution in [2.45, 2.75) is 6.92 Å². The summed E-state index contributed by atoms with van der Waals surface area (Å²) in [6.07, 6.45) is 3.67. The summed E-state index contributed by atoms with van der Waals surface area (Å²) in [5.41, 5.74) is 3.78. The number of morpholine rings is 1. The number of benzene rings is 2. The number of rotatable bonds is 2. The van der Waals surface area contributed by atoms with E-state index in [0.29, 0.717) is 48.8 Å². The molecule has 0 unspecified atom stereocenters. The molecule has 2 amide bonds. The topological polar surface area (TPSA) is 71.8 Å². The molecule has 1 aromatic heterocycles. The van der Waals surface area contributed by atoms with Crippen LogP contribution in [0.3, 0.4) is 0 Å². The van der Waals surface area contributed by atoms with Crippen LogP contribution < -0.4 is 4.90 Å². The fraction of sp³-hybridized carbons (Fsp3) is 0.240. The van der Waals surface area contributed by atoms with Gasteiger partial charge < -0.3 is 14.2 Å². The Bertz CT molecular complexity index is 1300. The predicted molar refractivity (Wildman–Crippen MR) is 122 cm³/mol. The zero-order valence-electron chi connectivity index (χ0n) is 18.0. The van der Waals surface area contributed by atoms with E-state index in [1.807, 2.05) is 42.1 Å². The van der Waals surface area contributed by atoms with Gasteiger partial charge in [-0.05, 0) is 30.3 Å². The maximum atomic E-state index is 13.0. The molecule has 7 heteroatoms. The molecule has 2 aliphatic heterocycles. The summed E-state index contributed by atoms with van der Waals surface area (Å²) in [6.45, 7) is 3.74. The molecular formula is C25H23N3O4. The lowest BCUT2D eigenvalue weighted by Crippen LogP contribution is -2.40. The number of aryl methyl sites for hydroxylation is 1. The molecule has 0 atom stereocenters. The molecule has 0 N–H and O–H groups in total. The normalized spacial score (nSPS) is 17.3. The van der Waals surface area contributed by atoms with E-state index < -0.39 is 0 Å². The van der Waals surface area contributed by atoms with Crippen molar-refractivity contribution in [1.29, 1.82) is 0 Å². The van der Waals surface area contributed by atoms with Crippen LogP contribution in [0.4, 0.5) is 5.69 Å². The van der Waals surface area contributed by atoms with Crippen LogP contribution in [0, 0.1) is 0 Å². The van der Waals surface area contributed by atoms with Gasteiger partial charge in [-0.3, -0.25) is 19.3 Å². The lowest BCUT2D eigenvalue weighted by atomic mass is 10.1. The van der Waals surface area contributed by atoms with Crippen LogP contribution in [0.5, 0.6) is 0 Å². The van der Waals surface area contributed by atoms with Gasteiger partial charge in [0.05, 0.1) is 24.6 Å². The van der Waals surface area contributed by atoms with Gasteiger partial charge in [0.2, 0.25) is 11.7 Å². The molecule has 5 rings (SSSR count). The Morgan fingerprint density at radius 1 is 1.06 bits per heavy atom. The fourth-order valence-electron chi connectivity index (χ4n) is 4.46. The quantitative estimate of drug-likeness (QED) is 0.587. The fourth-order valence-corrected chi connectivity index (χ4v) is 4.46. The van der Waals surface area contributed by atoms with Crippen molar-refractivity contribution < 1.29 is 19.1 Å². The van der Waals surface area contributed by atoms with Gasteiger partial charge in [-0.15, -0.1) is 0 Å². The summed E-state index contributed by atoms with van der Waals surface area (Å²) >= 11 is 0. The third-order valence-electron chi connectivity index (χ3n) is 6.04. The maximum Gasteiger partial charge on any atom is 0.254 e. The van der Waals surface area contributed by atoms with E-state index in [4.69, 9.17) is 4.74 Å². The van der Waals surface area contributed by atoms with Crippen LogP contribution in [0.2, 0.25) is 0 Å².